The lowest BCUT2D eigenvalue weighted by Gasteiger charge is -2.33. The summed E-state index contributed by atoms with van der Waals surface area (Å²) in [5.41, 5.74) is 0.982. The fraction of sp³-hybridized carbons (Fsp3) is 0.652. The van der Waals surface area contributed by atoms with Crippen molar-refractivity contribution >= 4 is 12.0 Å². The minimum atomic E-state index is -0.453. The Balaban J connectivity index is 1.68. The third kappa shape index (κ3) is 7.86. The zero-order valence-electron chi connectivity index (χ0n) is 18.7. The summed E-state index contributed by atoms with van der Waals surface area (Å²) in [5.74, 6) is 1.17. The van der Waals surface area contributed by atoms with E-state index in [1.165, 1.54) is 0 Å². The number of carbonyl (C=O) groups is 2. The molecule has 1 aliphatic rings. The lowest BCUT2D eigenvalue weighted by atomic mass is 9.92. The summed E-state index contributed by atoms with van der Waals surface area (Å²) < 4.78 is 11.3. The van der Waals surface area contributed by atoms with E-state index >= 15 is 0 Å². The van der Waals surface area contributed by atoms with Crippen LogP contribution in [0.25, 0.3) is 0 Å². The number of benzene rings is 1. The largest absolute Gasteiger partial charge is 0.494 e. The summed E-state index contributed by atoms with van der Waals surface area (Å²) in [6.45, 7) is 9.83. The number of piperidine rings is 1. The number of hydrogen-bond acceptors (Lipinski definition) is 5. The zero-order valence-corrected chi connectivity index (χ0v) is 18.7. The van der Waals surface area contributed by atoms with Crippen LogP contribution >= 0.6 is 0 Å². The predicted molar refractivity (Wildman–Crippen MR) is 116 cm³/mol. The summed E-state index contributed by atoms with van der Waals surface area (Å²) in [6, 6.07) is 5.43. The number of aliphatic hydroxyl groups excluding tert-OH is 1. The highest BCUT2D eigenvalue weighted by atomic mass is 16.6. The normalized spacial score (nSPS) is 15.0. The number of nitrogens with zero attached hydrogens (tertiary/aromatic N) is 1. The molecule has 2 N–H and O–H groups in total. The van der Waals surface area contributed by atoms with Crippen molar-refractivity contribution in [3.8, 4) is 5.75 Å². The Labute approximate surface area is 179 Å². The molecule has 1 aliphatic heterocycles. The molecular formula is C23H36N2O5. The summed E-state index contributed by atoms with van der Waals surface area (Å²) in [4.78, 5) is 25.9. The van der Waals surface area contributed by atoms with Gasteiger partial charge in [-0.1, -0.05) is 0 Å². The second-order valence-electron chi connectivity index (χ2n) is 8.86. The smallest absolute Gasteiger partial charge is 0.410 e. The molecule has 7 heteroatoms. The van der Waals surface area contributed by atoms with Gasteiger partial charge < -0.3 is 24.8 Å². The first-order chi connectivity index (χ1) is 14.2. The molecule has 1 aromatic carbocycles. The molecule has 30 heavy (non-hydrogen) atoms. The number of amides is 2. The van der Waals surface area contributed by atoms with Crippen LogP contribution in [0.3, 0.4) is 0 Å². The van der Waals surface area contributed by atoms with E-state index in [0.717, 1.165) is 50.1 Å². The van der Waals surface area contributed by atoms with E-state index in [1.54, 1.807) is 17.0 Å². The third-order valence-corrected chi connectivity index (χ3v) is 5.13. The number of hydrogen-bond donors (Lipinski definition) is 2. The summed E-state index contributed by atoms with van der Waals surface area (Å²) in [7, 11) is 0. The maximum Gasteiger partial charge on any atom is 0.410 e. The quantitative estimate of drug-likeness (QED) is 0.628. The Kier molecular flexibility index (Phi) is 8.96. The van der Waals surface area contributed by atoms with Gasteiger partial charge in [0, 0.05) is 25.2 Å². The van der Waals surface area contributed by atoms with E-state index < -0.39 is 5.60 Å². The number of aliphatic hydroxyl groups is 1. The van der Waals surface area contributed by atoms with Crippen LogP contribution in [0.15, 0.2) is 18.2 Å². The number of nitrogens with one attached hydrogen (secondary N) is 1. The van der Waals surface area contributed by atoms with E-state index in [2.05, 4.69) is 5.32 Å². The lowest BCUT2D eigenvalue weighted by molar-refractivity contribution is 0.0179. The van der Waals surface area contributed by atoms with Crippen LogP contribution in [0.2, 0.25) is 0 Å². The van der Waals surface area contributed by atoms with Crippen molar-refractivity contribution in [2.45, 2.75) is 59.0 Å². The van der Waals surface area contributed by atoms with E-state index in [4.69, 9.17) is 14.6 Å². The van der Waals surface area contributed by atoms with Gasteiger partial charge in [0.05, 0.1) is 13.2 Å². The van der Waals surface area contributed by atoms with Gasteiger partial charge in [-0.05, 0) is 83.1 Å². The van der Waals surface area contributed by atoms with Gasteiger partial charge in [-0.15, -0.1) is 0 Å². The molecule has 0 aliphatic carbocycles. The summed E-state index contributed by atoms with van der Waals surface area (Å²) in [6.07, 6.45) is 3.80. The van der Waals surface area contributed by atoms with E-state index in [9.17, 15) is 9.59 Å². The van der Waals surface area contributed by atoms with Crippen molar-refractivity contribution in [1.29, 1.82) is 0 Å². The fourth-order valence-electron chi connectivity index (χ4n) is 3.54. The van der Waals surface area contributed by atoms with Crippen molar-refractivity contribution in [1.82, 2.24) is 10.2 Å². The first-order valence-electron chi connectivity index (χ1n) is 10.8. The van der Waals surface area contributed by atoms with Crippen LogP contribution in [0.4, 0.5) is 4.79 Å². The number of ether oxygens (including phenoxy) is 2. The Morgan fingerprint density at radius 2 is 1.93 bits per heavy atom. The number of carbonyl (C=O) groups excluding carboxylic acids is 2. The van der Waals surface area contributed by atoms with Crippen LogP contribution < -0.4 is 10.1 Å². The van der Waals surface area contributed by atoms with Crippen molar-refractivity contribution in [3.05, 3.63) is 29.3 Å². The van der Waals surface area contributed by atoms with E-state index in [-0.39, 0.29) is 25.2 Å². The molecule has 0 spiro atoms. The molecule has 2 amide bonds. The topological polar surface area (TPSA) is 88.1 Å². The first-order valence-corrected chi connectivity index (χ1v) is 10.8. The van der Waals surface area contributed by atoms with Gasteiger partial charge in [-0.3, -0.25) is 4.79 Å². The molecule has 1 aromatic rings. The molecular weight excluding hydrogens is 384 g/mol. The third-order valence-electron chi connectivity index (χ3n) is 5.13. The molecule has 7 nitrogen and oxygen atoms in total. The highest BCUT2D eigenvalue weighted by Gasteiger charge is 2.26. The number of aryl methyl sites for hydroxylation is 1. The predicted octanol–water partition coefficient (Wildman–Crippen LogP) is 3.52. The standard InChI is InChI=1S/C23H36N2O5/c1-17-16-19(7-8-20(17)21(27)24-11-14-26)29-15-5-6-18-9-12-25(13-10-18)22(28)30-23(2,3)4/h7-8,16,18,26H,5-6,9-15H2,1-4H3,(H,24,27). The SMILES string of the molecule is Cc1cc(OCCCC2CCN(C(=O)OC(C)(C)C)CC2)ccc1C(=O)NCCO. The molecule has 0 radical (unpaired) electrons. The Morgan fingerprint density at radius 3 is 2.53 bits per heavy atom. The highest BCUT2D eigenvalue weighted by molar-refractivity contribution is 5.95. The summed E-state index contributed by atoms with van der Waals surface area (Å²) >= 11 is 0. The molecule has 0 saturated carbocycles. The van der Waals surface area contributed by atoms with Gasteiger partial charge in [0.25, 0.3) is 5.91 Å². The number of rotatable bonds is 8. The summed E-state index contributed by atoms with van der Waals surface area (Å²) in [5, 5.41) is 11.5. The lowest BCUT2D eigenvalue weighted by Crippen LogP contribution is -2.41. The van der Waals surface area contributed by atoms with E-state index in [0.29, 0.717) is 18.1 Å². The van der Waals surface area contributed by atoms with Crippen LogP contribution in [0, 0.1) is 12.8 Å². The van der Waals surface area contributed by atoms with Gasteiger partial charge in [-0.2, -0.15) is 0 Å². The minimum Gasteiger partial charge on any atom is -0.494 e. The molecule has 0 atom stereocenters. The maximum atomic E-state index is 12.1. The van der Waals surface area contributed by atoms with Crippen LogP contribution in [0.1, 0.15) is 62.4 Å². The van der Waals surface area contributed by atoms with Gasteiger partial charge in [0.1, 0.15) is 11.4 Å². The van der Waals surface area contributed by atoms with Gasteiger partial charge in [0.15, 0.2) is 0 Å². The second-order valence-corrected chi connectivity index (χ2v) is 8.86. The zero-order chi connectivity index (χ0) is 22.1. The van der Waals surface area contributed by atoms with Crippen molar-refractivity contribution in [2.24, 2.45) is 5.92 Å². The fourth-order valence-corrected chi connectivity index (χ4v) is 3.54. The van der Waals surface area contributed by atoms with Crippen molar-refractivity contribution in [2.75, 3.05) is 32.8 Å². The molecule has 2 rings (SSSR count). The Bertz CT molecular complexity index is 706. The van der Waals surface area contributed by atoms with Crippen molar-refractivity contribution in [3.63, 3.8) is 0 Å². The average molecular weight is 421 g/mol. The monoisotopic (exact) mass is 420 g/mol. The molecule has 0 unspecified atom stereocenters. The molecule has 168 valence electrons. The Morgan fingerprint density at radius 1 is 1.23 bits per heavy atom. The van der Waals surface area contributed by atoms with E-state index in [1.807, 2.05) is 33.8 Å². The van der Waals surface area contributed by atoms with Gasteiger partial charge in [0.2, 0.25) is 0 Å². The molecule has 1 heterocycles. The molecule has 1 fully saturated rings. The molecule has 0 bridgehead atoms. The second kappa shape index (κ2) is 11.2. The van der Waals surface area contributed by atoms with Crippen LogP contribution in [-0.4, -0.2) is 60.5 Å². The minimum absolute atomic E-state index is 0.0774. The van der Waals surface area contributed by atoms with Gasteiger partial charge in [-0.25, -0.2) is 4.79 Å². The molecule has 1 saturated heterocycles. The highest BCUT2D eigenvalue weighted by Crippen LogP contribution is 2.24. The molecule has 0 aromatic heterocycles. The van der Waals surface area contributed by atoms with Crippen molar-refractivity contribution < 1.29 is 24.2 Å². The van der Waals surface area contributed by atoms with Gasteiger partial charge >= 0.3 is 6.09 Å². The number of likely N-dealkylation sites (tertiary alicyclic amines) is 1. The average Bonchev–Trinajstić information content (AvgIpc) is 2.68. The first kappa shape index (κ1) is 24.0. The van der Waals surface area contributed by atoms with Crippen LogP contribution in [0.5, 0.6) is 5.75 Å². The maximum absolute atomic E-state index is 12.1. The van der Waals surface area contributed by atoms with Crippen LogP contribution in [-0.2, 0) is 4.74 Å². The Hall–Kier alpha value is -2.28.